The Kier molecular flexibility index (Phi) is 3.65. The van der Waals surface area contributed by atoms with Crippen LogP contribution in [0, 0.1) is 12.7 Å². The van der Waals surface area contributed by atoms with Crippen molar-refractivity contribution in [3.05, 3.63) is 72.1 Å². The molecule has 1 N–H and O–H groups in total. The third-order valence-corrected chi connectivity index (χ3v) is 3.08. The first-order valence-corrected chi connectivity index (χ1v) is 6.68. The molecule has 6 heteroatoms. The molecule has 1 aromatic heterocycles. The molecule has 0 bridgehead atoms. The number of aryl methyl sites for hydroxylation is 1. The van der Waals surface area contributed by atoms with Gasteiger partial charge in [0.25, 0.3) is 5.91 Å². The summed E-state index contributed by atoms with van der Waals surface area (Å²) in [5, 5.41) is 6.57. The van der Waals surface area contributed by atoms with Gasteiger partial charge in [-0.1, -0.05) is 24.3 Å². The highest BCUT2D eigenvalue weighted by Gasteiger charge is 2.14. The molecule has 0 saturated carbocycles. The minimum absolute atomic E-state index is 0.0234. The molecule has 0 unspecified atom stereocenters. The molecule has 0 aliphatic heterocycles. The zero-order valence-electron chi connectivity index (χ0n) is 11.8. The van der Waals surface area contributed by atoms with Crippen molar-refractivity contribution in [2.45, 2.75) is 6.92 Å². The number of benzene rings is 2. The van der Waals surface area contributed by atoms with Crippen molar-refractivity contribution in [1.82, 2.24) is 14.8 Å². The number of amides is 1. The van der Waals surface area contributed by atoms with Crippen LogP contribution in [0.2, 0.25) is 0 Å². The molecule has 0 saturated heterocycles. The molecule has 0 aliphatic rings. The lowest BCUT2D eigenvalue weighted by Crippen LogP contribution is -2.15. The van der Waals surface area contributed by atoms with E-state index in [0.717, 1.165) is 11.3 Å². The van der Waals surface area contributed by atoms with Crippen LogP contribution in [0.15, 0.2) is 54.9 Å². The van der Waals surface area contributed by atoms with Crippen LogP contribution in [0.5, 0.6) is 0 Å². The number of hydrogen-bond acceptors (Lipinski definition) is 3. The van der Waals surface area contributed by atoms with Gasteiger partial charge in [0.2, 0.25) is 5.82 Å². The van der Waals surface area contributed by atoms with E-state index in [1.54, 1.807) is 12.1 Å². The van der Waals surface area contributed by atoms with E-state index in [1.165, 1.54) is 23.1 Å². The topological polar surface area (TPSA) is 59.8 Å². The van der Waals surface area contributed by atoms with Gasteiger partial charge in [-0.2, -0.15) is 0 Å². The number of rotatable bonds is 3. The number of nitrogens with one attached hydrogen (secondary N) is 1. The largest absolute Gasteiger partial charge is 0.317 e. The number of carbonyl (C=O) groups is 1. The molecular formula is C16H13FN4O. The van der Waals surface area contributed by atoms with E-state index in [0.29, 0.717) is 0 Å². The van der Waals surface area contributed by atoms with Crippen LogP contribution in [-0.4, -0.2) is 20.7 Å². The maximum Gasteiger partial charge on any atom is 0.295 e. The van der Waals surface area contributed by atoms with Crippen molar-refractivity contribution >= 4 is 11.6 Å². The summed E-state index contributed by atoms with van der Waals surface area (Å²) in [6.07, 6.45) is 1.45. The highest BCUT2D eigenvalue weighted by Crippen LogP contribution is 2.13. The summed E-state index contributed by atoms with van der Waals surface area (Å²) in [6.45, 7) is 1.96. The Hall–Kier alpha value is -3.02. The zero-order valence-corrected chi connectivity index (χ0v) is 11.8. The molecule has 3 aromatic rings. The predicted molar refractivity (Wildman–Crippen MR) is 80.4 cm³/mol. The van der Waals surface area contributed by atoms with Gasteiger partial charge in [-0.3, -0.25) is 4.79 Å². The van der Waals surface area contributed by atoms with E-state index >= 15 is 0 Å². The fourth-order valence-electron chi connectivity index (χ4n) is 2.00. The first-order valence-electron chi connectivity index (χ1n) is 6.68. The van der Waals surface area contributed by atoms with E-state index in [2.05, 4.69) is 15.4 Å². The average Bonchev–Trinajstić information content (AvgIpc) is 2.99. The van der Waals surface area contributed by atoms with E-state index in [9.17, 15) is 9.18 Å². The number of anilines is 1. The van der Waals surface area contributed by atoms with Crippen molar-refractivity contribution < 1.29 is 9.18 Å². The van der Waals surface area contributed by atoms with Gasteiger partial charge in [0.05, 0.1) is 11.4 Å². The number of para-hydroxylation sites is 1. The maximum atomic E-state index is 13.5. The summed E-state index contributed by atoms with van der Waals surface area (Å²) in [5.74, 6) is -1.09. The fourth-order valence-corrected chi connectivity index (χ4v) is 2.00. The molecule has 0 atom stereocenters. The molecule has 1 heterocycles. The minimum atomic E-state index is -0.559. The minimum Gasteiger partial charge on any atom is -0.317 e. The first-order chi connectivity index (χ1) is 10.6. The molecule has 0 radical (unpaired) electrons. The molecule has 0 fully saturated rings. The van der Waals surface area contributed by atoms with Gasteiger partial charge in [-0.05, 0) is 36.8 Å². The first kappa shape index (κ1) is 13.9. The Morgan fingerprint density at radius 2 is 2.00 bits per heavy atom. The second-order valence-corrected chi connectivity index (χ2v) is 4.79. The van der Waals surface area contributed by atoms with Gasteiger partial charge >= 0.3 is 0 Å². The Bertz CT molecular complexity index is 828. The van der Waals surface area contributed by atoms with Gasteiger partial charge in [-0.15, -0.1) is 5.10 Å². The normalized spacial score (nSPS) is 10.5. The molecule has 5 nitrogen and oxygen atoms in total. The van der Waals surface area contributed by atoms with Gasteiger partial charge in [0, 0.05) is 0 Å². The summed E-state index contributed by atoms with van der Waals surface area (Å²) in [4.78, 5) is 16.0. The van der Waals surface area contributed by atoms with Crippen molar-refractivity contribution in [3.8, 4) is 5.69 Å². The number of nitrogens with zero attached hydrogens (tertiary/aromatic N) is 3. The fraction of sp³-hybridized carbons (Fsp3) is 0.0625. The summed E-state index contributed by atoms with van der Waals surface area (Å²) >= 11 is 0. The lowest BCUT2D eigenvalue weighted by molar-refractivity contribution is 0.101. The maximum absolute atomic E-state index is 13.5. The summed E-state index contributed by atoms with van der Waals surface area (Å²) in [5.41, 5.74) is 1.97. The standard InChI is InChI=1S/C16H13FN4O/c1-11-5-4-6-12(9-11)21-10-18-15(20-21)16(22)19-14-8-3-2-7-13(14)17/h2-10H,1H3,(H,19,22). The summed E-state index contributed by atoms with van der Waals surface area (Å²) in [7, 11) is 0. The second-order valence-electron chi connectivity index (χ2n) is 4.79. The Balaban J connectivity index is 1.82. The Labute approximate surface area is 126 Å². The molecule has 3 rings (SSSR count). The molecule has 110 valence electrons. The van der Waals surface area contributed by atoms with E-state index in [1.807, 2.05) is 31.2 Å². The number of hydrogen-bond donors (Lipinski definition) is 1. The lowest BCUT2D eigenvalue weighted by Gasteiger charge is -2.03. The van der Waals surface area contributed by atoms with Gasteiger partial charge in [0.15, 0.2) is 0 Å². The van der Waals surface area contributed by atoms with Crippen LogP contribution >= 0.6 is 0 Å². The zero-order chi connectivity index (χ0) is 15.5. The Morgan fingerprint density at radius 3 is 2.77 bits per heavy atom. The van der Waals surface area contributed by atoms with Crippen LogP contribution in [0.25, 0.3) is 5.69 Å². The van der Waals surface area contributed by atoms with Gasteiger partial charge in [-0.25, -0.2) is 14.1 Å². The monoisotopic (exact) mass is 296 g/mol. The third kappa shape index (κ3) is 2.85. The molecule has 22 heavy (non-hydrogen) atoms. The average molecular weight is 296 g/mol. The van der Waals surface area contributed by atoms with Gasteiger partial charge < -0.3 is 5.32 Å². The van der Waals surface area contributed by atoms with E-state index in [4.69, 9.17) is 0 Å². The number of aromatic nitrogens is 3. The second kappa shape index (κ2) is 5.77. The van der Waals surface area contributed by atoms with Crippen molar-refractivity contribution in [3.63, 3.8) is 0 Å². The van der Waals surface area contributed by atoms with Crippen LogP contribution in [0.4, 0.5) is 10.1 Å². The lowest BCUT2D eigenvalue weighted by atomic mass is 10.2. The molecule has 2 aromatic carbocycles. The van der Waals surface area contributed by atoms with Crippen LogP contribution in [0.3, 0.4) is 0 Å². The highest BCUT2D eigenvalue weighted by molar-refractivity contribution is 6.01. The molecule has 0 aliphatic carbocycles. The van der Waals surface area contributed by atoms with Crippen LogP contribution in [0.1, 0.15) is 16.2 Å². The number of carbonyl (C=O) groups excluding carboxylic acids is 1. The highest BCUT2D eigenvalue weighted by atomic mass is 19.1. The summed E-state index contributed by atoms with van der Waals surface area (Å²) in [6, 6.07) is 13.6. The molecule has 0 spiro atoms. The SMILES string of the molecule is Cc1cccc(-n2cnc(C(=O)Nc3ccccc3F)n2)c1. The number of halogens is 1. The van der Waals surface area contributed by atoms with E-state index in [-0.39, 0.29) is 11.5 Å². The third-order valence-electron chi connectivity index (χ3n) is 3.08. The van der Waals surface area contributed by atoms with Crippen molar-refractivity contribution in [1.29, 1.82) is 0 Å². The molecule has 1 amide bonds. The van der Waals surface area contributed by atoms with E-state index < -0.39 is 11.7 Å². The van der Waals surface area contributed by atoms with Gasteiger partial charge in [0.1, 0.15) is 12.1 Å². The van der Waals surface area contributed by atoms with Crippen LogP contribution in [-0.2, 0) is 0 Å². The molecular weight excluding hydrogens is 283 g/mol. The smallest absolute Gasteiger partial charge is 0.295 e. The quantitative estimate of drug-likeness (QED) is 0.808. The predicted octanol–water partition coefficient (Wildman–Crippen LogP) is 2.97. The van der Waals surface area contributed by atoms with Crippen molar-refractivity contribution in [2.75, 3.05) is 5.32 Å². The Morgan fingerprint density at radius 1 is 1.18 bits per heavy atom. The van der Waals surface area contributed by atoms with Crippen LogP contribution < -0.4 is 5.32 Å². The summed E-state index contributed by atoms with van der Waals surface area (Å²) < 4.78 is 15.0. The van der Waals surface area contributed by atoms with Crippen molar-refractivity contribution in [2.24, 2.45) is 0 Å².